The number of ether oxygens (including phenoxy) is 1. The molecule has 1 aromatic carbocycles. The molecular weight excluding hydrogens is 212 g/mol. The summed E-state index contributed by atoms with van der Waals surface area (Å²) in [7, 11) is 0. The average Bonchev–Trinajstić information content (AvgIpc) is 2.39. The van der Waals surface area contributed by atoms with Crippen LogP contribution in [0.5, 0.6) is 5.75 Å². The molecule has 1 aliphatic heterocycles. The maximum absolute atomic E-state index is 5.94. The number of nitrogens with zero attached hydrogens (tertiary/aromatic N) is 1. The lowest BCUT2D eigenvalue weighted by Gasteiger charge is -2.32. The molecule has 0 amide bonds. The Bertz CT molecular complexity index is 307. The monoisotopic (exact) mass is 233 g/mol. The summed E-state index contributed by atoms with van der Waals surface area (Å²) in [5.74, 6) is 0.962. The quantitative estimate of drug-likeness (QED) is 0.841. The predicted molar refractivity (Wildman–Crippen MR) is 69.0 cm³/mol. The number of hydrogen-bond acceptors (Lipinski definition) is 3. The summed E-state index contributed by atoms with van der Waals surface area (Å²) in [6.07, 6.45) is 3.69. The van der Waals surface area contributed by atoms with Crippen molar-refractivity contribution in [2.24, 2.45) is 5.73 Å². The molecule has 1 heterocycles. The highest BCUT2D eigenvalue weighted by Gasteiger charge is 2.19. The van der Waals surface area contributed by atoms with Crippen LogP contribution in [-0.2, 0) is 0 Å². The Labute approximate surface area is 104 Å². The second-order valence-electron chi connectivity index (χ2n) is 4.54. The van der Waals surface area contributed by atoms with Crippen LogP contribution < -0.4 is 10.5 Å². The van der Waals surface area contributed by atoms with Crippen LogP contribution in [0.2, 0.25) is 0 Å². The Morgan fingerprint density at radius 1 is 1.29 bits per heavy atom. The van der Waals surface area contributed by atoms with Gasteiger partial charge < -0.3 is 15.4 Å². The van der Waals surface area contributed by atoms with Crippen LogP contribution in [0, 0.1) is 6.07 Å². The SMILES string of the molecule is NCCCN1CCC(Oc2cc[c]cc2)CC1. The first kappa shape index (κ1) is 12.4. The lowest BCUT2D eigenvalue weighted by molar-refractivity contribution is 0.100. The molecular formula is C14H21N2O. The van der Waals surface area contributed by atoms with E-state index in [9.17, 15) is 0 Å². The first-order valence-electron chi connectivity index (χ1n) is 6.43. The molecule has 3 nitrogen and oxygen atoms in total. The summed E-state index contributed by atoms with van der Waals surface area (Å²) >= 11 is 0. The van der Waals surface area contributed by atoms with Gasteiger partial charge in [-0.1, -0.05) is 12.1 Å². The van der Waals surface area contributed by atoms with E-state index in [0.717, 1.165) is 51.2 Å². The van der Waals surface area contributed by atoms with Gasteiger partial charge in [0, 0.05) is 13.1 Å². The van der Waals surface area contributed by atoms with Crippen molar-refractivity contribution in [3.05, 3.63) is 30.3 Å². The zero-order chi connectivity index (χ0) is 11.9. The van der Waals surface area contributed by atoms with Crippen molar-refractivity contribution in [2.75, 3.05) is 26.2 Å². The van der Waals surface area contributed by atoms with Gasteiger partial charge in [-0.2, -0.15) is 0 Å². The summed E-state index contributed by atoms with van der Waals surface area (Å²) in [4.78, 5) is 2.48. The number of benzene rings is 1. The van der Waals surface area contributed by atoms with Crippen LogP contribution in [0.3, 0.4) is 0 Å². The fraction of sp³-hybridized carbons (Fsp3) is 0.571. The number of nitrogens with two attached hydrogens (primary N) is 1. The van der Waals surface area contributed by atoms with Crippen LogP contribution in [0.15, 0.2) is 24.3 Å². The first-order chi connectivity index (χ1) is 8.38. The molecule has 0 atom stereocenters. The van der Waals surface area contributed by atoms with Crippen molar-refractivity contribution in [3.8, 4) is 5.75 Å². The molecule has 0 aromatic heterocycles. The van der Waals surface area contributed by atoms with Gasteiger partial charge in [-0.3, -0.25) is 0 Å². The summed E-state index contributed by atoms with van der Waals surface area (Å²) in [5, 5.41) is 0. The van der Waals surface area contributed by atoms with Gasteiger partial charge in [-0.15, -0.1) is 0 Å². The van der Waals surface area contributed by atoms with Crippen LogP contribution in [0.1, 0.15) is 19.3 Å². The van der Waals surface area contributed by atoms with E-state index < -0.39 is 0 Å². The lowest BCUT2D eigenvalue weighted by Crippen LogP contribution is -2.39. The summed E-state index contributed by atoms with van der Waals surface area (Å²) in [6.45, 7) is 4.17. The molecule has 0 bridgehead atoms. The van der Waals surface area contributed by atoms with Gasteiger partial charge >= 0.3 is 0 Å². The largest absolute Gasteiger partial charge is 0.490 e. The highest BCUT2D eigenvalue weighted by atomic mass is 16.5. The minimum Gasteiger partial charge on any atom is -0.490 e. The Kier molecular flexibility index (Phi) is 4.83. The van der Waals surface area contributed by atoms with Crippen LogP contribution in [-0.4, -0.2) is 37.2 Å². The summed E-state index contributed by atoms with van der Waals surface area (Å²) in [5.41, 5.74) is 5.52. The third-order valence-corrected chi connectivity index (χ3v) is 3.20. The second kappa shape index (κ2) is 6.62. The smallest absolute Gasteiger partial charge is 0.119 e. The molecule has 17 heavy (non-hydrogen) atoms. The summed E-state index contributed by atoms with van der Waals surface area (Å²) < 4.78 is 5.94. The van der Waals surface area contributed by atoms with Gasteiger partial charge in [0.15, 0.2) is 0 Å². The normalized spacial score (nSPS) is 18.2. The number of rotatable bonds is 5. The van der Waals surface area contributed by atoms with E-state index in [0.29, 0.717) is 6.10 Å². The lowest BCUT2D eigenvalue weighted by atomic mass is 10.1. The van der Waals surface area contributed by atoms with Gasteiger partial charge in [0.05, 0.1) is 0 Å². The van der Waals surface area contributed by atoms with Crippen molar-refractivity contribution in [1.82, 2.24) is 4.90 Å². The van der Waals surface area contributed by atoms with Crippen molar-refractivity contribution in [1.29, 1.82) is 0 Å². The maximum atomic E-state index is 5.94. The van der Waals surface area contributed by atoms with Gasteiger partial charge in [0.25, 0.3) is 0 Å². The standard InChI is InChI=1S/C14H21N2O/c15-9-4-10-16-11-7-14(8-12-16)17-13-5-2-1-3-6-13/h2-3,5-6,14H,4,7-12,15H2. The molecule has 1 aromatic rings. The zero-order valence-electron chi connectivity index (χ0n) is 10.3. The minimum atomic E-state index is 0.367. The molecule has 0 aliphatic carbocycles. The van der Waals surface area contributed by atoms with Gasteiger partial charge in [0.1, 0.15) is 11.9 Å². The Morgan fingerprint density at radius 3 is 2.65 bits per heavy atom. The van der Waals surface area contributed by atoms with E-state index >= 15 is 0 Å². The van der Waals surface area contributed by atoms with Crippen LogP contribution >= 0.6 is 0 Å². The fourth-order valence-corrected chi connectivity index (χ4v) is 2.21. The third-order valence-electron chi connectivity index (χ3n) is 3.20. The second-order valence-corrected chi connectivity index (χ2v) is 4.54. The predicted octanol–water partition coefficient (Wildman–Crippen LogP) is 1.68. The van der Waals surface area contributed by atoms with Crippen molar-refractivity contribution in [3.63, 3.8) is 0 Å². The molecule has 0 spiro atoms. The molecule has 1 fully saturated rings. The molecule has 1 radical (unpaired) electrons. The zero-order valence-corrected chi connectivity index (χ0v) is 10.3. The molecule has 0 unspecified atom stereocenters. The van der Waals surface area contributed by atoms with E-state index in [1.165, 1.54) is 0 Å². The molecule has 93 valence electrons. The first-order valence-corrected chi connectivity index (χ1v) is 6.43. The fourth-order valence-electron chi connectivity index (χ4n) is 2.21. The number of hydrogen-bond donors (Lipinski definition) is 1. The van der Waals surface area contributed by atoms with Gasteiger partial charge in [-0.05, 0) is 50.6 Å². The molecule has 2 N–H and O–H groups in total. The Balaban J connectivity index is 1.72. The summed E-state index contributed by atoms with van der Waals surface area (Å²) in [6, 6.07) is 10.7. The molecule has 2 rings (SSSR count). The van der Waals surface area contributed by atoms with E-state index in [1.807, 2.05) is 24.3 Å². The molecule has 1 saturated heterocycles. The maximum Gasteiger partial charge on any atom is 0.119 e. The molecule has 0 saturated carbocycles. The van der Waals surface area contributed by atoms with Crippen molar-refractivity contribution >= 4 is 0 Å². The highest BCUT2D eigenvalue weighted by molar-refractivity contribution is 5.20. The van der Waals surface area contributed by atoms with E-state index in [2.05, 4.69) is 11.0 Å². The molecule has 3 heteroatoms. The average molecular weight is 233 g/mol. The van der Waals surface area contributed by atoms with Crippen LogP contribution in [0.4, 0.5) is 0 Å². The van der Waals surface area contributed by atoms with E-state index in [1.54, 1.807) is 0 Å². The highest BCUT2D eigenvalue weighted by Crippen LogP contribution is 2.18. The Morgan fingerprint density at radius 2 is 2.00 bits per heavy atom. The van der Waals surface area contributed by atoms with Gasteiger partial charge in [-0.25, -0.2) is 0 Å². The number of likely N-dealkylation sites (tertiary alicyclic amines) is 1. The minimum absolute atomic E-state index is 0.367. The van der Waals surface area contributed by atoms with Gasteiger partial charge in [0.2, 0.25) is 0 Å². The van der Waals surface area contributed by atoms with E-state index in [-0.39, 0.29) is 0 Å². The molecule has 1 aliphatic rings. The van der Waals surface area contributed by atoms with Crippen LogP contribution in [0.25, 0.3) is 0 Å². The van der Waals surface area contributed by atoms with E-state index in [4.69, 9.17) is 10.5 Å². The number of piperidine rings is 1. The third kappa shape index (κ3) is 4.02. The topological polar surface area (TPSA) is 38.5 Å². The van der Waals surface area contributed by atoms with Crippen molar-refractivity contribution in [2.45, 2.75) is 25.4 Å². The Hall–Kier alpha value is -1.06. The van der Waals surface area contributed by atoms with Crippen molar-refractivity contribution < 1.29 is 4.74 Å².